The number of hydrogen-bond acceptors (Lipinski definition) is 4. The highest BCUT2D eigenvalue weighted by Crippen LogP contribution is 2.20. The first-order valence-electron chi connectivity index (χ1n) is 10.9. The van der Waals surface area contributed by atoms with Crippen LogP contribution in [0.25, 0.3) is 0 Å². The van der Waals surface area contributed by atoms with Gasteiger partial charge in [0.15, 0.2) is 6.61 Å². The number of hydrogen-bond donors (Lipinski definition) is 1. The molecule has 0 aliphatic carbocycles. The van der Waals surface area contributed by atoms with E-state index in [0.29, 0.717) is 18.9 Å². The van der Waals surface area contributed by atoms with Crippen LogP contribution in [0.2, 0.25) is 0 Å². The van der Waals surface area contributed by atoms with Gasteiger partial charge in [-0.2, -0.15) is 0 Å². The van der Waals surface area contributed by atoms with E-state index in [9.17, 15) is 9.59 Å². The van der Waals surface area contributed by atoms with E-state index in [-0.39, 0.29) is 31.1 Å². The van der Waals surface area contributed by atoms with Crippen molar-refractivity contribution in [1.29, 1.82) is 0 Å². The molecule has 2 amide bonds. The van der Waals surface area contributed by atoms with E-state index < -0.39 is 0 Å². The van der Waals surface area contributed by atoms with Crippen LogP contribution in [-0.4, -0.2) is 49.1 Å². The number of nitrogens with zero attached hydrogens (tertiary/aromatic N) is 1. The minimum atomic E-state index is -0.228. The Morgan fingerprint density at radius 2 is 1.97 bits per heavy atom. The number of anilines is 1. The van der Waals surface area contributed by atoms with Gasteiger partial charge in [0.1, 0.15) is 12.3 Å². The van der Waals surface area contributed by atoms with Crippen molar-refractivity contribution in [2.24, 2.45) is 0 Å². The normalized spacial score (nSPS) is 15.5. The minimum absolute atomic E-state index is 0.0368. The summed E-state index contributed by atoms with van der Waals surface area (Å²) in [5, 5.41) is 2.94. The van der Waals surface area contributed by atoms with Gasteiger partial charge in [-0.1, -0.05) is 37.3 Å². The molecule has 1 N–H and O–H groups in total. The zero-order chi connectivity index (χ0) is 22.2. The number of nitrogens with one attached hydrogen (secondary N) is 1. The van der Waals surface area contributed by atoms with Crippen LogP contribution in [0.3, 0.4) is 0 Å². The summed E-state index contributed by atoms with van der Waals surface area (Å²) in [5.41, 5.74) is 3.94. The van der Waals surface area contributed by atoms with E-state index in [2.05, 4.69) is 5.32 Å². The number of amides is 2. The maximum absolute atomic E-state index is 13.0. The zero-order valence-corrected chi connectivity index (χ0v) is 18.6. The average Bonchev–Trinajstić information content (AvgIpc) is 3.28. The molecule has 166 valence electrons. The summed E-state index contributed by atoms with van der Waals surface area (Å²) in [6.45, 7) is 6.96. The standard InChI is InChI=1S/C25H32N2O4/c1-4-20-10-5-6-13-23(20)31-17-25(29)27(15-21-11-8-14-30-21)16-24(28)26-22-12-7-9-18(2)19(22)3/h5-7,9-10,12-13,21H,4,8,11,14-17H2,1-3H3,(H,26,28). The number of rotatable bonds is 9. The van der Waals surface area contributed by atoms with E-state index in [1.165, 1.54) is 0 Å². The van der Waals surface area contributed by atoms with Crippen LogP contribution >= 0.6 is 0 Å². The van der Waals surface area contributed by atoms with Crippen LogP contribution in [0.5, 0.6) is 5.75 Å². The Morgan fingerprint density at radius 1 is 1.16 bits per heavy atom. The van der Waals surface area contributed by atoms with Crippen molar-refractivity contribution < 1.29 is 19.1 Å². The summed E-state index contributed by atoms with van der Waals surface area (Å²) < 4.78 is 11.5. The van der Waals surface area contributed by atoms with E-state index in [1.807, 2.05) is 63.2 Å². The fourth-order valence-corrected chi connectivity index (χ4v) is 3.71. The van der Waals surface area contributed by atoms with Crippen molar-refractivity contribution >= 4 is 17.5 Å². The average molecular weight is 425 g/mol. The maximum Gasteiger partial charge on any atom is 0.261 e. The predicted octanol–water partition coefficient (Wildman–Crippen LogP) is 3.89. The molecular weight excluding hydrogens is 392 g/mol. The lowest BCUT2D eigenvalue weighted by Crippen LogP contribution is -2.44. The lowest BCUT2D eigenvalue weighted by molar-refractivity contribution is -0.138. The van der Waals surface area contributed by atoms with Gasteiger partial charge in [0.05, 0.1) is 6.10 Å². The first kappa shape index (κ1) is 22.8. The molecule has 1 aliphatic heterocycles. The second-order valence-electron chi connectivity index (χ2n) is 7.95. The first-order valence-corrected chi connectivity index (χ1v) is 10.9. The monoisotopic (exact) mass is 424 g/mol. The van der Waals surface area contributed by atoms with E-state index >= 15 is 0 Å². The largest absolute Gasteiger partial charge is 0.483 e. The third-order valence-electron chi connectivity index (χ3n) is 5.72. The van der Waals surface area contributed by atoms with Gasteiger partial charge in [0.2, 0.25) is 5.91 Å². The topological polar surface area (TPSA) is 67.9 Å². The summed E-state index contributed by atoms with van der Waals surface area (Å²) in [5.74, 6) is 0.252. The van der Waals surface area contributed by atoms with Crippen LogP contribution in [0, 0.1) is 13.8 Å². The first-order chi connectivity index (χ1) is 15.0. The van der Waals surface area contributed by atoms with Crippen molar-refractivity contribution in [2.75, 3.05) is 31.6 Å². The van der Waals surface area contributed by atoms with Crippen molar-refractivity contribution in [2.45, 2.75) is 46.1 Å². The molecule has 0 saturated carbocycles. The number of benzene rings is 2. The van der Waals surface area contributed by atoms with Gasteiger partial charge in [-0.25, -0.2) is 0 Å². The SMILES string of the molecule is CCc1ccccc1OCC(=O)N(CC(=O)Nc1cccc(C)c1C)CC1CCCO1. The van der Waals surface area contributed by atoms with Crippen molar-refractivity contribution in [3.63, 3.8) is 0 Å². The molecule has 6 nitrogen and oxygen atoms in total. The molecule has 6 heteroatoms. The fraction of sp³-hybridized carbons (Fsp3) is 0.440. The number of para-hydroxylation sites is 1. The highest BCUT2D eigenvalue weighted by molar-refractivity contribution is 5.95. The third kappa shape index (κ3) is 6.31. The predicted molar refractivity (Wildman–Crippen MR) is 121 cm³/mol. The molecule has 0 bridgehead atoms. The minimum Gasteiger partial charge on any atom is -0.483 e. The van der Waals surface area contributed by atoms with Gasteiger partial charge < -0.3 is 19.7 Å². The summed E-state index contributed by atoms with van der Waals surface area (Å²) in [6.07, 6.45) is 2.65. The van der Waals surface area contributed by atoms with E-state index in [1.54, 1.807) is 4.90 Å². The van der Waals surface area contributed by atoms with E-state index in [0.717, 1.165) is 41.6 Å². The third-order valence-corrected chi connectivity index (χ3v) is 5.72. The molecule has 1 fully saturated rings. The second-order valence-corrected chi connectivity index (χ2v) is 7.95. The van der Waals surface area contributed by atoms with Crippen LogP contribution in [0.1, 0.15) is 36.5 Å². The summed E-state index contributed by atoms with van der Waals surface area (Å²) >= 11 is 0. The van der Waals surface area contributed by atoms with E-state index in [4.69, 9.17) is 9.47 Å². The molecule has 2 aromatic rings. The molecular formula is C25H32N2O4. The van der Waals surface area contributed by atoms with Crippen LogP contribution < -0.4 is 10.1 Å². The van der Waals surface area contributed by atoms with Gasteiger partial charge in [-0.05, 0) is 61.9 Å². The van der Waals surface area contributed by atoms with Crippen LogP contribution in [0.15, 0.2) is 42.5 Å². The van der Waals surface area contributed by atoms with Gasteiger partial charge in [-0.15, -0.1) is 0 Å². The van der Waals surface area contributed by atoms with Gasteiger partial charge in [-0.3, -0.25) is 9.59 Å². The number of carbonyl (C=O) groups excluding carboxylic acids is 2. The summed E-state index contributed by atoms with van der Waals surface area (Å²) in [7, 11) is 0. The molecule has 1 heterocycles. The number of carbonyl (C=O) groups is 2. The molecule has 0 spiro atoms. The van der Waals surface area contributed by atoms with Gasteiger partial charge in [0, 0.05) is 18.8 Å². The lowest BCUT2D eigenvalue weighted by atomic mass is 10.1. The quantitative estimate of drug-likeness (QED) is 0.663. The lowest BCUT2D eigenvalue weighted by Gasteiger charge is -2.25. The Labute approximate surface area is 184 Å². The molecule has 2 aromatic carbocycles. The molecule has 0 radical (unpaired) electrons. The molecule has 1 atom stereocenters. The van der Waals surface area contributed by atoms with Gasteiger partial charge >= 0.3 is 0 Å². The van der Waals surface area contributed by atoms with Gasteiger partial charge in [0.25, 0.3) is 5.91 Å². The summed E-state index contributed by atoms with van der Waals surface area (Å²) in [6, 6.07) is 13.5. The van der Waals surface area contributed by atoms with Crippen LogP contribution in [0.4, 0.5) is 5.69 Å². The maximum atomic E-state index is 13.0. The Bertz CT molecular complexity index is 906. The molecule has 1 unspecified atom stereocenters. The molecule has 3 rings (SSSR count). The Kier molecular flexibility index (Phi) is 8.06. The molecule has 1 saturated heterocycles. The zero-order valence-electron chi connectivity index (χ0n) is 18.6. The molecule has 0 aromatic heterocycles. The molecule has 31 heavy (non-hydrogen) atoms. The smallest absolute Gasteiger partial charge is 0.261 e. The van der Waals surface area contributed by atoms with Crippen molar-refractivity contribution in [3.8, 4) is 5.75 Å². The van der Waals surface area contributed by atoms with Crippen molar-refractivity contribution in [1.82, 2.24) is 4.90 Å². The fourth-order valence-electron chi connectivity index (χ4n) is 3.71. The Hall–Kier alpha value is -2.86. The highest BCUT2D eigenvalue weighted by Gasteiger charge is 2.25. The highest BCUT2D eigenvalue weighted by atomic mass is 16.5. The Balaban J connectivity index is 1.65. The number of ether oxygens (including phenoxy) is 2. The summed E-state index contributed by atoms with van der Waals surface area (Å²) in [4.78, 5) is 27.3. The molecule has 1 aliphatic rings. The van der Waals surface area contributed by atoms with Crippen molar-refractivity contribution in [3.05, 3.63) is 59.2 Å². The number of aryl methyl sites for hydroxylation is 2. The Morgan fingerprint density at radius 3 is 2.71 bits per heavy atom. The second kappa shape index (κ2) is 11.0. The van der Waals surface area contributed by atoms with Crippen LogP contribution in [-0.2, 0) is 20.7 Å².